The van der Waals surface area contributed by atoms with E-state index >= 15 is 0 Å². The molecule has 0 spiro atoms. The maximum atomic E-state index is 5.55. The monoisotopic (exact) mass is 155 g/mol. The molecule has 2 fully saturated rings. The minimum absolute atomic E-state index is 0.391. The quantitative estimate of drug-likeness (QED) is 0.615. The molecule has 2 aliphatic heterocycles. The first kappa shape index (κ1) is 7.56. The average molecular weight is 155 g/mol. The first-order chi connectivity index (χ1) is 5.29. The van der Waals surface area contributed by atoms with Crippen molar-refractivity contribution in [1.29, 1.82) is 0 Å². The Labute approximate surface area is 68.3 Å². The Kier molecular flexibility index (Phi) is 1.90. The minimum Gasteiger partial charge on any atom is -0.363 e. The largest absolute Gasteiger partial charge is 0.363 e. The summed E-state index contributed by atoms with van der Waals surface area (Å²) >= 11 is 0. The van der Waals surface area contributed by atoms with Gasteiger partial charge in [-0.05, 0) is 18.3 Å². The molecule has 2 nitrogen and oxygen atoms in total. The topological polar surface area (TPSA) is 21.3 Å². The zero-order chi connectivity index (χ0) is 7.84. The second-order valence-electron chi connectivity index (χ2n) is 4.06. The highest BCUT2D eigenvalue weighted by Crippen LogP contribution is 2.35. The van der Waals surface area contributed by atoms with Gasteiger partial charge in [-0.3, -0.25) is 5.32 Å². The molecule has 1 N–H and O–H groups in total. The molecule has 0 aromatic heterocycles. The van der Waals surface area contributed by atoms with Crippen LogP contribution >= 0.6 is 0 Å². The normalized spacial score (nSPS) is 43.4. The number of rotatable bonds is 1. The fourth-order valence-corrected chi connectivity index (χ4v) is 2.39. The first-order valence-electron chi connectivity index (χ1n) is 4.64. The van der Waals surface area contributed by atoms with Crippen LogP contribution in [0, 0.1) is 17.8 Å². The van der Waals surface area contributed by atoms with Crippen molar-refractivity contribution in [2.75, 3.05) is 13.2 Å². The predicted octanol–water partition coefficient (Wildman–Crippen LogP) is 1.22. The maximum absolute atomic E-state index is 5.55. The number of ether oxygens (including phenoxy) is 1. The van der Waals surface area contributed by atoms with Crippen molar-refractivity contribution in [1.82, 2.24) is 5.32 Å². The van der Waals surface area contributed by atoms with Gasteiger partial charge >= 0.3 is 0 Å². The van der Waals surface area contributed by atoms with Crippen LogP contribution < -0.4 is 5.32 Å². The first-order valence-corrected chi connectivity index (χ1v) is 4.64. The van der Waals surface area contributed by atoms with Crippen molar-refractivity contribution >= 4 is 0 Å². The Morgan fingerprint density at radius 2 is 2.27 bits per heavy atom. The molecule has 0 amide bonds. The third kappa shape index (κ3) is 1.18. The van der Waals surface area contributed by atoms with E-state index in [0.29, 0.717) is 6.23 Å². The molecule has 3 atom stereocenters. The lowest BCUT2D eigenvalue weighted by atomic mass is 9.85. The van der Waals surface area contributed by atoms with Crippen LogP contribution in [0.15, 0.2) is 0 Å². The van der Waals surface area contributed by atoms with Crippen molar-refractivity contribution in [3.05, 3.63) is 0 Å². The van der Waals surface area contributed by atoms with Crippen LogP contribution in [-0.4, -0.2) is 19.4 Å². The van der Waals surface area contributed by atoms with Gasteiger partial charge in [0.2, 0.25) is 0 Å². The Hall–Kier alpha value is -0.0800. The van der Waals surface area contributed by atoms with Gasteiger partial charge in [0.05, 0.1) is 0 Å². The second-order valence-corrected chi connectivity index (χ2v) is 4.06. The summed E-state index contributed by atoms with van der Waals surface area (Å²) in [5.41, 5.74) is 0. The van der Waals surface area contributed by atoms with E-state index in [0.717, 1.165) is 30.9 Å². The van der Waals surface area contributed by atoms with Gasteiger partial charge in [0.25, 0.3) is 0 Å². The van der Waals surface area contributed by atoms with Crippen molar-refractivity contribution in [2.24, 2.45) is 17.8 Å². The number of hydrogen-bond acceptors (Lipinski definition) is 2. The Bertz CT molecular complexity index is 146. The predicted molar refractivity (Wildman–Crippen MR) is 44.2 cm³/mol. The SMILES string of the molecule is CC(C)C1CNC2OCCC21. The Morgan fingerprint density at radius 1 is 1.45 bits per heavy atom. The van der Waals surface area contributed by atoms with E-state index in [-0.39, 0.29) is 0 Å². The van der Waals surface area contributed by atoms with Crippen LogP contribution in [0.3, 0.4) is 0 Å². The van der Waals surface area contributed by atoms with Gasteiger partial charge in [0.15, 0.2) is 0 Å². The molecule has 0 radical (unpaired) electrons. The third-order valence-corrected chi connectivity index (χ3v) is 3.10. The van der Waals surface area contributed by atoms with Gasteiger partial charge in [0.1, 0.15) is 6.23 Å². The lowest BCUT2D eigenvalue weighted by Crippen LogP contribution is -2.24. The summed E-state index contributed by atoms with van der Waals surface area (Å²) < 4.78 is 5.55. The molecule has 2 heterocycles. The van der Waals surface area contributed by atoms with Crippen LogP contribution in [0.25, 0.3) is 0 Å². The smallest absolute Gasteiger partial charge is 0.111 e. The number of nitrogens with one attached hydrogen (secondary N) is 1. The third-order valence-electron chi connectivity index (χ3n) is 3.10. The summed E-state index contributed by atoms with van der Waals surface area (Å²) in [7, 11) is 0. The number of hydrogen-bond donors (Lipinski definition) is 1. The summed E-state index contributed by atoms with van der Waals surface area (Å²) in [4.78, 5) is 0. The molecule has 2 saturated heterocycles. The standard InChI is InChI=1S/C9H17NO/c1-6(2)8-5-10-9-7(8)3-4-11-9/h6-10H,3-5H2,1-2H3. The van der Waals surface area contributed by atoms with Gasteiger partial charge < -0.3 is 4.74 Å². The molecule has 11 heavy (non-hydrogen) atoms. The average Bonchev–Trinajstić information content (AvgIpc) is 2.41. The summed E-state index contributed by atoms with van der Waals surface area (Å²) in [6.45, 7) is 6.75. The van der Waals surface area contributed by atoms with Gasteiger partial charge in [-0.15, -0.1) is 0 Å². The molecule has 0 aliphatic carbocycles. The van der Waals surface area contributed by atoms with Gasteiger partial charge in [0, 0.05) is 19.1 Å². The second kappa shape index (κ2) is 2.76. The highest BCUT2D eigenvalue weighted by atomic mass is 16.5. The van der Waals surface area contributed by atoms with E-state index in [9.17, 15) is 0 Å². The van der Waals surface area contributed by atoms with Crippen molar-refractivity contribution < 1.29 is 4.74 Å². The van der Waals surface area contributed by atoms with E-state index in [1.807, 2.05) is 0 Å². The molecule has 3 unspecified atom stereocenters. The fraction of sp³-hybridized carbons (Fsp3) is 1.00. The number of fused-ring (bicyclic) bond motifs is 1. The van der Waals surface area contributed by atoms with Crippen molar-refractivity contribution in [3.8, 4) is 0 Å². The van der Waals surface area contributed by atoms with E-state index in [1.54, 1.807) is 0 Å². The van der Waals surface area contributed by atoms with Crippen LogP contribution in [0.4, 0.5) is 0 Å². The molecule has 2 rings (SSSR count). The highest BCUT2D eigenvalue weighted by Gasteiger charge is 2.40. The zero-order valence-electron chi connectivity index (χ0n) is 7.34. The van der Waals surface area contributed by atoms with Crippen LogP contribution in [0.2, 0.25) is 0 Å². The van der Waals surface area contributed by atoms with E-state index in [4.69, 9.17) is 4.74 Å². The molecule has 2 heteroatoms. The van der Waals surface area contributed by atoms with E-state index in [2.05, 4.69) is 19.2 Å². The Morgan fingerprint density at radius 3 is 3.00 bits per heavy atom. The van der Waals surface area contributed by atoms with Crippen LogP contribution in [-0.2, 0) is 4.74 Å². The van der Waals surface area contributed by atoms with E-state index < -0.39 is 0 Å². The zero-order valence-corrected chi connectivity index (χ0v) is 7.34. The highest BCUT2D eigenvalue weighted by molar-refractivity contribution is 4.89. The summed E-state index contributed by atoms with van der Waals surface area (Å²) in [6, 6.07) is 0. The molecule has 0 bridgehead atoms. The maximum Gasteiger partial charge on any atom is 0.111 e. The molecule has 0 saturated carbocycles. The van der Waals surface area contributed by atoms with Crippen LogP contribution in [0.5, 0.6) is 0 Å². The van der Waals surface area contributed by atoms with Crippen LogP contribution in [0.1, 0.15) is 20.3 Å². The molecule has 64 valence electrons. The fourth-order valence-electron chi connectivity index (χ4n) is 2.39. The van der Waals surface area contributed by atoms with Crippen molar-refractivity contribution in [3.63, 3.8) is 0 Å². The van der Waals surface area contributed by atoms with Gasteiger partial charge in [-0.1, -0.05) is 13.8 Å². The van der Waals surface area contributed by atoms with Crippen molar-refractivity contribution in [2.45, 2.75) is 26.5 Å². The van der Waals surface area contributed by atoms with Gasteiger partial charge in [-0.2, -0.15) is 0 Å². The lowest BCUT2D eigenvalue weighted by molar-refractivity contribution is 0.0816. The molecular formula is C9H17NO. The molecule has 0 aromatic rings. The minimum atomic E-state index is 0.391. The summed E-state index contributed by atoms with van der Waals surface area (Å²) in [6.07, 6.45) is 1.66. The Balaban J connectivity index is 2.03. The van der Waals surface area contributed by atoms with Gasteiger partial charge in [-0.25, -0.2) is 0 Å². The van der Waals surface area contributed by atoms with E-state index in [1.165, 1.54) is 6.42 Å². The summed E-state index contributed by atoms with van der Waals surface area (Å²) in [5.74, 6) is 2.46. The summed E-state index contributed by atoms with van der Waals surface area (Å²) in [5, 5.41) is 3.43. The molecular weight excluding hydrogens is 138 g/mol. The molecule has 2 aliphatic rings. The lowest BCUT2D eigenvalue weighted by Gasteiger charge is -2.19. The molecule has 0 aromatic carbocycles.